The van der Waals surface area contributed by atoms with E-state index in [0.717, 1.165) is 11.3 Å². The van der Waals surface area contributed by atoms with Gasteiger partial charge in [-0.1, -0.05) is 18.2 Å². The standard InChI is InChI=1S/C13H14N4O2S/c14-13-16-11(19-17-13)5-6-15-12(18)9-7-20-10-4-2-1-3-8(9)10/h1-4,9H,5-7H2,(H2,14,17)(H,15,18)/t9-/m0/s1. The maximum atomic E-state index is 12.2. The zero-order valence-corrected chi connectivity index (χ0v) is 11.5. The number of aromatic nitrogens is 2. The lowest BCUT2D eigenvalue weighted by Gasteiger charge is -2.10. The minimum absolute atomic E-state index is 0.0370. The number of fused-ring (bicyclic) bond motifs is 1. The average molecular weight is 290 g/mol. The smallest absolute Gasteiger partial charge is 0.260 e. The van der Waals surface area contributed by atoms with Gasteiger partial charge in [0.2, 0.25) is 11.8 Å². The number of hydrogen-bond donors (Lipinski definition) is 2. The first-order valence-electron chi connectivity index (χ1n) is 6.31. The maximum absolute atomic E-state index is 12.2. The van der Waals surface area contributed by atoms with E-state index in [0.29, 0.717) is 18.9 Å². The van der Waals surface area contributed by atoms with E-state index >= 15 is 0 Å². The molecule has 0 fully saturated rings. The van der Waals surface area contributed by atoms with Crippen LogP contribution in [0.5, 0.6) is 0 Å². The van der Waals surface area contributed by atoms with Crippen molar-refractivity contribution in [3.05, 3.63) is 35.7 Å². The summed E-state index contributed by atoms with van der Waals surface area (Å²) in [6.45, 7) is 0.462. The number of nitrogens with zero attached hydrogens (tertiary/aromatic N) is 2. The summed E-state index contributed by atoms with van der Waals surface area (Å²) in [5.41, 5.74) is 6.47. The van der Waals surface area contributed by atoms with Crippen LogP contribution in [0.1, 0.15) is 17.4 Å². The zero-order chi connectivity index (χ0) is 13.9. The molecule has 1 aromatic heterocycles. The van der Waals surface area contributed by atoms with E-state index in [9.17, 15) is 4.79 Å². The molecule has 0 radical (unpaired) electrons. The van der Waals surface area contributed by atoms with Crippen LogP contribution in [0, 0.1) is 0 Å². The first kappa shape index (κ1) is 13.0. The molecule has 1 aromatic carbocycles. The highest BCUT2D eigenvalue weighted by Crippen LogP contribution is 2.39. The Labute approximate surface area is 120 Å². The topological polar surface area (TPSA) is 94.0 Å². The number of thioether (sulfide) groups is 1. The van der Waals surface area contributed by atoms with Gasteiger partial charge >= 0.3 is 0 Å². The fraction of sp³-hybridized carbons (Fsp3) is 0.308. The number of carbonyl (C=O) groups is 1. The second-order valence-corrected chi connectivity index (χ2v) is 5.55. The summed E-state index contributed by atoms with van der Waals surface area (Å²) in [5.74, 6) is 1.30. The average Bonchev–Trinajstić information content (AvgIpc) is 3.05. The molecule has 0 saturated heterocycles. The van der Waals surface area contributed by atoms with Crippen molar-refractivity contribution in [3.63, 3.8) is 0 Å². The van der Waals surface area contributed by atoms with Crippen LogP contribution in [-0.4, -0.2) is 28.3 Å². The second-order valence-electron chi connectivity index (χ2n) is 4.49. The van der Waals surface area contributed by atoms with Crippen molar-refractivity contribution in [2.75, 3.05) is 18.0 Å². The third-order valence-corrected chi connectivity index (χ3v) is 4.32. The van der Waals surface area contributed by atoms with Crippen LogP contribution < -0.4 is 11.1 Å². The Balaban J connectivity index is 1.55. The molecule has 20 heavy (non-hydrogen) atoms. The molecule has 3 N–H and O–H groups in total. The van der Waals surface area contributed by atoms with Gasteiger partial charge in [-0.25, -0.2) is 0 Å². The van der Waals surface area contributed by atoms with Gasteiger partial charge in [-0.05, 0) is 16.8 Å². The van der Waals surface area contributed by atoms with Crippen LogP contribution in [-0.2, 0) is 11.2 Å². The highest BCUT2D eigenvalue weighted by Gasteiger charge is 2.28. The van der Waals surface area contributed by atoms with E-state index in [4.69, 9.17) is 10.3 Å². The van der Waals surface area contributed by atoms with Crippen LogP contribution in [0.15, 0.2) is 33.7 Å². The number of rotatable bonds is 4. The van der Waals surface area contributed by atoms with Crippen LogP contribution in [0.2, 0.25) is 0 Å². The van der Waals surface area contributed by atoms with E-state index in [1.54, 1.807) is 11.8 Å². The number of amides is 1. The lowest BCUT2D eigenvalue weighted by Crippen LogP contribution is -2.31. The maximum Gasteiger partial charge on any atom is 0.260 e. The molecule has 7 heteroatoms. The van der Waals surface area contributed by atoms with Gasteiger partial charge in [-0.3, -0.25) is 4.79 Å². The predicted molar refractivity (Wildman–Crippen MR) is 75.3 cm³/mol. The monoisotopic (exact) mass is 290 g/mol. The lowest BCUT2D eigenvalue weighted by atomic mass is 10.0. The van der Waals surface area contributed by atoms with Gasteiger partial charge in [0.05, 0.1) is 5.92 Å². The number of anilines is 1. The van der Waals surface area contributed by atoms with Crippen molar-refractivity contribution in [1.82, 2.24) is 15.5 Å². The summed E-state index contributed by atoms with van der Waals surface area (Å²) < 4.78 is 4.89. The van der Waals surface area contributed by atoms with E-state index in [1.807, 2.05) is 18.2 Å². The van der Waals surface area contributed by atoms with Crippen LogP contribution in [0.25, 0.3) is 0 Å². The Kier molecular flexibility index (Phi) is 3.60. The third kappa shape index (κ3) is 2.62. The largest absolute Gasteiger partial charge is 0.365 e. The molecule has 1 aliphatic rings. The van der Waals surface area contributed by atoms with Crippen LogP contribution >= 0.6 is 11.8 Å². The number of hydrogen-bond acceptors (Lipinski definition) is 6. The van der Waals surface area contributed by atoms with E-state index < -0.39 is 0 Å². The number of carbonyl (C=O) groups excluding carboxylic acids is 1. The highest BCUT2D eigenvalue weighted by atomic mass is 32.2. The lowest BCUT2D eigenvalue weighted by molar-refractivity contribution is -0.122. The summed E-state index contributed by atoms with van der Waals surface area (Å²) in [6.07, 6.45) is 0.484. The molecule has 2 heterocycles. The molecule has 1 amide bonds. The minimum Gasteiger partial charge on any atom is -0.365 e. The number of nitrogen functional groups attached to an aromatic ring is 1. The molecular formula is C13H14N4O2S. The molecule has 1 atom stereocenters. The molecular weight excluding hydrogens is 276 g/mol. The Morgan fingerprint density at radius 3 is 3.15 bits per heavy atom. The summed E-state index contributed by atoms with van der Waals surface area (Å²) in [6, 6.07) is 8.02. The van der Waals surface area contributed by atoms with Gasteiger partial charge < -0.3 is 15.6 Å². The predicted octanol–water partition coefficient (Wildman–Crippen LogP) is 1.20. The molecule has 2 aromatic rings. The van der Waals surface area contributed by atoms with Crippen molar-refractivity contribution in [2.45, 2.75) is 17.2 Å². The Morgan fingerprint density at radius 1 is 1.50 bits per heavy atom. The first-order valence-corrected chi connectivity index (χ1v) is 7.30. The van der Waals surface area contributed by atoms with Crippen LogP contribution in [0.4, 0.5) is 5.95 Å². The quantitative estimate of drug-likeness (QED) is 0.878. The molecule has 3 rings (SSSR count). The van der Waals surface area contributed by atoms with Crippen molar-refractivity contribution in [2.24, 2.45) is 0 Å². The van der Waals surface area contributed by atoms with E-state index in [-0.39, 0.29) is 17.8 Å². The minimum atomic E-state index is -0.0797. The summed E-state index contributed by atoms with van der Waals surface area (Å²) in [4.78, 5) is 17.3. The molecule has 0 spiro atoms. The van der Waals surface area contributed by atoms with Crippen LogP contribution in [0.3, 0.4) is 0 Å². The van der Waals surface area contributed by atoms with Crippen molar-refractivity contribution in [1.29, 1.82) is 0 Å². The summed E-state index contributed by atoms with van der Waals surface area (Å²) in [7, 11) is 0. The Hall–Kier alpha value is -2.02. The van der Waals surface area contributed by atoms with Gasteiger partial charge in [0, 0.05) is 23.6 Å². The van der Waals surface area contributed by atoms with Gasteiger partial charge in [0.25, 0.3) is 5.95 Å². The molecule has 0 aliphatic carbocycles. The molecule has 6 nitrogen and oxygen atoms in total. The molecule has 1 aliphatic heterocycles. The number of nitrogens with one attached hydrogen (secondary N) is 1. The fourth-order valence-electron chi connectivity index (χ4n) is 2.17. The van der Waals surface area contributed by atoms with Gasteiger partial charge in [0.1, 0.15) is 0 Å². The van der Waals surface area contributed by atoms with Crippen molar-refractivity contribution < 1.29 is 9.32 Å². The summed E-state index contributed by atoms with van der Waals surface area (Å²) in [5, 5.41) is 6.40. The molecule has 104 valence electrons. The Bertz CT molecular complexity index is 628. The van der Waals surface area contributed by atoms with Crippen molar-refractivity contribution in [3.8, 4) is 0 Å². The van der Waals surface area contributed by atoms with E-state index in [2.05, 4.69) is 21.5 Å². The Morgan fingerprint density at radius 2 is 2.35 bits per heavy atom. The normalized spacial score (nSPS) is 16.9. The number of nitrogens with two attached hydrogens (primary N) is 1. The molecule has 0 unspecified atom stereocenters. The summed E-state index contributed by atoms with van der Waals surface area (Å²) >= 11 is 1.72. The first-order chi connectivity index (χ1) is 9.74. The van der Waals surface area contributed by atoms with Gasteiger partial charge in [-0.15, -0.1) is 11.8 Å². The van der Waals surface area contributed by atoms with Gasteiger partial charge in [-0.2, -0.15) is 4.98 Å². The SMILES string of the molecule is Nc1noc(CCNC(=O)[C@H]2CSc3ccccc32)n1. The van der Waals surface area contributed by atoms with Gasteiger partial charge in [0.15, 0.2) is 0 Å². The third-order valence-electron chi connectivity index (χ3n) is 3.14. The molecule has 0 saturated carbocycles. The number of benzene rings is 1. The van der Waals surface area contributed by atoms with E-state index in [1.165, 1.54) is 4.90 Å². The highest BCUT2D eigenvalue weighted by molar-refractivity contribution is 7.99. The fourth-order valence-corrected chi connectivity index (χ4v) is 3.39. The second kappa shape index (κ2) is 5.54. The van der Waals surface area contributed by atoms with Crippen molar-refractivity contribution >= 4 is 23.6 Å². The molecule has 0 bridgehead atoms. The zero-order valence-electron chi connectivity index (χ0n) is 10.7.